The molecular formula is C23H26Cl2F3N3O4S. The summed E-state index contributed by atoms with van der Waals surface area (Å²) in [4.78, 5) is 27.4. The number of hydrogen-bond acceptors (Lipinski definition) is 4. The number of carbonyl (C=O) groups is 2. The number of rotatable bonds is 10. The van der Waals surface area contributed by atoms with Gasteiger partial charge in [-0.15, -0.1) is 0 Å². The molecule has 0 bridgehead atoms. The maximum Gasteiger partial charge on any atom is 0.416 e. The molecule has 198 valence electrons. The Balaban J connectivity index is 2.50. The summed E-state index contributed by atoms with van der Waals surface area (Å²) in [5, 5.41) is 3.14. The van der Waals surface area contributed by atoms with Crippen molar-refractivity contribution in [1.82, 2.24) is 10.2 Å². The Morgan fingerprint density at radius 1 is 1.06 bits per heavy atom. The molecule has 2 aromatic carbocycles. The molecule has 7 nitrogen and oxygen atoms in total. The summed E-state index contributed by atoms with van der Waals surface area (Å²) in [6.07, 6.45) is -3.74. The van der Waals surface area contributed by atoms with Gasteiger partial charge in [-0.2, -0.15) is 13.2 Å². The van der Waals surface area contributed by atoms with Gasteiger partial charge in [0.15, 0.2) is 0 Å². The lowest BCUT2D eigenvalue weighted by Gasteiger charge is -2.33. The predicted octanol–water partition coefficient (Wildman–Crippen LogP) is 4.72. The molecule has 2 aromatic rings. The van der Waals surface area contributed by atoms with Crippen molar-refractivity contribution in [1.29, 1.82) is 0 Å². The topological polar surface area (TPSA) is 86.8 Å². The van der Waals surface area contributed by atoms with Gasteiger partial charge < -0.3 is 10.2 Å². The normalized spacial score (nSPS) is 12.7. The Hall–Kier alpha value is -2.50. The van der Waals surface area contributed by atoms with Gasteiger partial charge in [-0.1, -0.05) is 42.3 Å². The van der Waals surface area contributed by atoms with Gasteiger partial charge >= 0.3 is 6.18 Å². The van der Waals surface area contributed by atoms with Gasteiger partial charge in [-0.3, -0.25) is 13.9 Å². The van der Waals surface area contributed by atoms with Crippen LogP contribution in [-0.4, -0.2) is 50.5 Å². The number of benzene rings is 2. The standard InChI is InChI=1S/C23H26Cl2F3N3O4S/c1-4-20(22(33)29-5-2)30(13-15-9-10-18(24)19(25)11-15)21(32)14-31(36(3,34)35)17-8-6-7-16(12-17)23(26,27)28/h6-12,20H,4-5,13-14H2,1-3H3,(H,29,33)/t20-/m0/s1. The quantitative estimate of drug-likeness (QED) is 0.450. The maximum atomic E-state index is 13.5. The summed E-state index contributed by atoms with van der Waals surface area (Å²) < 4.78 is 65.3. The third-order valence-electron chi connectivity index (χ3n) is 5.21. The van der Waals surface area contributed by atoms with E-state index >= 15 is 0 Å². The number of anilines is 1. The van der Waals surface area contributed by atoms with Crippen molar-refractivity contribution in [3.8, 4) is 0 Å². The first-order valence-corrected chi connectivity index (χ1v) is 13.5. The summed E-state index contributed by atoms with van der Waals surface area (Å²) in [6, 6.07) is 7.31. The van der Waals surface area contributed by atoms with E-state index < -0.39 is 46.2 Å². The molecule has 0 radical (unpaired) electrons. The largest absolute Gasteiger partial charge is 0.416 e. The highest BCUT2D eigenvalue weighted by Gasteiger charge is 2.34. The zero-order valence-corrected chi connectivity index (χ0v) is 22.1. The van der Waals surface area contributed by atoms with Crippen molar-refractivity contribution < 1.29 is 31.2 Å². The van der Waals surface area contributed by atoms with E-state index in [4.69, 9.17) is 23.2 Å². The van der Waals surface area contributed by atoms with Crippen molar-refractivity contribution in [3.63, 3.8) is 0 Å². The third-order valence-corrected chi connectivity index (χ3v) is 7.09. The Bertz CT molecular complexity index is 1210. The molecule has 36 heavy (non-hydrogen) atoms. The van der Waals surface area contributed by atoms with Crippen molar-refractivity contribution in [3.05, 3.63) is 63.6 Å². The first-order valence-electron chi connectivity index (χ1n) is 10.8. The summed E-state index contributed by atoms with van der Waals surface area (Å²) in [5.41, 5.74) is -0.880. The molecule has 2 amide bonds. The molecule has 2 rings (SSSR count). The van der Waals surface area contributed by atoms with Gasteiger partial charge in [0.1, 0.15) is 12.6 Å². The molecule has 0 aromatic heterocycles. The lowest BCUT2D eigenvalue weighted by atomic mass is 10.1. The van der Waals surface area contributed by atoms with Crippen molar-refractivity contribution in [2.24, 2.45) is 0 Å². The predicted molar refractivity (Wildman–Crippen MR) is 133 cm³/mol. The van der Waals surface area contributed by atoms with Gasteiger partial charge in [-0.05, 0) is 49.2 Å². The van der Waals surface area contributed by atoms with Crippen molar-refractivity contribution in [2.75, 3.05) is 23.7 Å². The van der Waals surface area contributed by atoms with E-state index in [0.29, 0.717) is 22.5 Å². The van der Waals surface area contributed by atoms with Gasteiger partial charge in [0, 0.05) is 13.1 Å². The van der Waals surface area contributed by atoms with E-state index in [2.05, 4.69) is 5.32 Å². The fourth-order valence-electron chi connectivity index (χ4n) is 3.50. The lowest BCUT2D eigenvalue weighted by Crippen LogP contribution is -2.52. The van der Waals surface area contributed by atoms with Crippen LogP contribution in [0.4, 0.5) is 18.9 Å². The second-order valence-corrected chi connectivity index (χ2v) is 10.6. The van der Waals surface area contributed by atoms with Crippen molar-refractivity contribution in [2.45, 2.75) is 39.0 Å². The molecular weight excluding hydrogens is 542 g/mol. The van der Waals surface area contributed by atoms with Crippen LogP contribution in [0.5, 0.6) is 0 Å². The SMILES string of the molecule is CCNC(=O)[C@H](CC)N(Cc1ccc(Cl)c(Cl)c1)C(=O)CN(c1cccc(C(F)(F)F)c1)S(C)(=O)=O. The molecule has 0 saturated carbocycles. The smallest absolute Gasteiger partial charge is 0.355 e. The van der Waals surface area contributed by atoms with Crippen LogP contribution in [0.3, 0.4) is 0 Å². The Labute approximate surface area is 218 Å². The van der Waals surface area contributed by atoms with Gasteiger partial charge in [-0.25, -0.2) is 8.42 Å². The number of sulfonamides is 1. The Morgan fingerprint density at radius 2 is 1.72 bits per heavy atom. The van der Waals surface area contributed by atoms with Crippen LogP contribution in [0.15, 0.2) is 42.5 Å². The van der Waals surface area contributed by atoms with Crippen LogP contribution >= 0.6 is 23.2 Å². The molecule has 0 aliphatic rings. The van der Waals surface area contributed by atoms with E-state index in [9.17, 15) is 31.2 Å². The molecule has 1 atom stereocenters. The molecule has 13 heteroatoms. The van der Waals surface area contributed by atoms with Crippen LogP contribution in [-0.2, 0) is 32.3 Å². The summed E-state index contributed by atoms with van der Waals surface area (Å²) in [5.74, 6) is -1.25. The molecule has 0 spiro atoms. The number of nitrogens with one attached hydrogen (secondary N) is 1. The molecule has 0 unspecified atom stereocenters. The molecule has 0 aliphatic carbocycles. The summed E-state index contributed by atoms with van der Waals surface area (Å²) >= 11 is 12.0. The number of alkyl halides is 3. The van der Waals surface area contributed by atoms with E-state index in [1.165, 1.54) is 17.0 Å². The second-order valence-electron chi connectivity index (χ2n) is 7.91. The van der Waals surface area contributed by atoms with E-state index in [1.54, 1.807) is 19.9 Å². The lowest BCUT2D eigenvalue weighted by molar-refractivity contribution is -0.140. The number of nitrogens with zero attached hydrogens (tertiary/aromatic N) is 2. The average molecular weight is 568 g/mol. The summed E-state index contributed by atoms with van der Waals surface area (Å²) in [7, 11) is -4.18. The molecule has 0 fully saturated rings. The zero-order valence-electron chi connectivity index (χ0n) is 19.8. The van der Waals surface area contributed by atoms with Crippen LogP contribution in [0.1, 0.15) is 31.4 Å². The molecule has 0 saturated heterocycles. The van der Waals surface area contributed by atoms with Gasteiger partial charge in [0.05, 0.1) is 27.6 Å². The van der Waals surface area contributed by atoms with Gasteiger partial charge in [0.25, 0.3) is 0 Å². The third kappa shape index (κ3) is 7.75. The fraction of sp³-hybridized carbons (Fsp3) is 0.391. The number of amides is 2. The molecule has 0 heterocycles. The number of likely N-dealkylation sites (N-methyl/N-ethyl adjacent to an activating group) is 1. The molecule has 1 N–H and O–H groups in total. The van der Waals surface area contributed by atoms with Crippen LogP contribution in [0.2, 0.25) is 10.0 Å². The van der Waals surface area contributed by atoms with E-state index in [1.807, 2.05) is 0 Å². The van der Waals surface area contributed by atoms with Crippen LogP contribution in [0, 0.1) is 0 Å². The number of carbonyl (C=O) groups excluding carboxylic acids is 2. The number of hydrogen-bond donors (Lipinski definition) is 1. The highest BCUT2D eigenvalue weighted by Crippen LogP contribution is 2.32. The first-order chi connectivity index (χ1) is 16.7. The highest BCUT2D eigenvalue weighted by atomic mass is 35.5. The monoisotopic (exact) mass is 567 g/mol. The van der Waals surface area contributed by atoms with Crippen LogP contribution in [0.25, 0.3) is 0 Å². The first kappa shape index (κ1) is 29.7. The zero-order chi connectivity index (χ0) is 27.3. The van der Waals surface area contributed by atoms with E-state index in [0.717, 1.165) is 24.5 Å². The highest BCUT2D eigenvalue weighted by molar-refractivity contribution is 7.92. The van der Waals surface area contributed by atoms with Gasteiger partial charge in [0.2, 0.25) is 21.8 Å². The minimum Gasteiger partial charge on any atom is -0.355 e. The van der Waals surface area contributed by atoms with Crippen LogP contribution < -0.4 is 9.62 Å². The van der Waals surface area contributed by atoms with Crippen molar-refractivity contribution >= 4 is 50.7 Å². The average Bonchev–Trinajstić information content (AvgIpc) is 2.78. The van der Waals surface area contributed by atoms with E-state index in [-0.39, 0.29) is 28.7 Å². The summed E-state index contributed by atoms with van der Waals surface area (Å²) in [6.45, 7) is 2.73. The Kier molecular flexibility index (Phi) is 10.0. The maximum absolute atomic E-state index is 13.5. The molecule has 0 aliphatic heterocycles. The number of halogens is 5. The Morgan fingerprint density at radius 3 is 2.25 bits per heavy atom. The fourth-order valence-corrected chi connectivity index (χ4v) is 4.66. The second kappa shape index (κ2) is 12.2. The minimum atomic E-state index is -4.71. The minimum absolute atomic E-state index is 0.119.